The summed E-state index contributed by atoms with van der Waals surface area (Å²) in [4.78, 5) is 17.5. The van der Waals surface area contributed by atoms with Gasteiger partial charge in [0, 0.05) is 10.8 Å². The van der Waals surface area contributed by atoms with Crippen LogP contribution >= 0.6 is 63.7 Å². The molecule has 0 saturated heterocycles. The van der Waals surface area contributed by atoms with Crippen LogP contribution in [-0.2, 0) is 0 Å². The van der Waals surface area contributed by atoms with Gasteiger partial charge in [-0.1, -0.05) is 0 Å². The van der Waals surface area contributed by atoms with Crippen molar-refractivity contribution in [1.82, 2.24) is 19.9 Å². The molecule has 0 unspecified atom stereocenters. The molecule has 98 valence electrons. The van der Waals surface area contributed by atoms with Gasteiger partial charge in [0.2, 0.25) is 0 Å². The quantitative estimate of drug-likeness (QED) is 0.298. The monoisotopic (exact) mass is 518 g/mol. The minimum absolute atomic E-state index is 0.836. The normalized spacial score (nSPS) is 12.0. The van der Waals surface area contributed by atoms with Crippen LogP contribution in [0.3, 0.4) is 0 Å². The lowest BCUT2D eigenvalue weighted by molar-refractivity contribution is 1.22. The van der Waals surface area contributed by atoms with Gasteiger partial charge in [0.1, 0.15) is 12.7 Å². The van der Waals surface area contributed by atoms with Gasteiger partial charge in [-0.05, 0) is 63.7 Å². The zero-order valence-corrected chi connectivity index (χ0v) is 15.8. The minimum atomic E-state index is 0.836. The highest BCUT2D eigenvalue weighted by Crippen LogP contribution is 2.45. The van der Waals surface area contributed by atoms with Crippen LogP contribution in [0.1, 0.15) is 0 Å². The summed E-state index contributed by atoms with van der Waals surface area (Å²) in [6.45, 7) is 0. The molecule has 2 aromatic carbocycles. The van der Waals surface area contributed by atoms with Crippen molar-refractivity contribution in [3.63, 3.8) is 0 Å². The molecule has 8 heteroatoms. The molecule has 20 heavy (non-hydrogen) atoms. The second kappa shape index (κ2) is 4.53. The van der Waals surface area contributed by atoms with Crippen molar-refractivity contribution in [1.29, 1.82) is 0 Å². The third-order valence-electron chi connectivity index (χ3n) is 3.16. The molecule has 0 aliphatic rings. The summed E-state index contributed by atoms with van der Waals surface area (Å²) in [5, 5.41) is 1.89. The lowest BCUT2D eigenvalue weighted by Gasteiger charge is -2.14. The Kier molecular flexibility index (Phi) is 3.00. The Bertz CT molecular complexity index is 848. The van der Waals surface area contributed by atoms with Gasteiger partial charge in [-0.2, -0.15) is 0 Å². The van der Waals surface area contributed by atoms with Crippen LogP contribution in [0.5, 0.6) is 0 Å². The fourth-order valence-electron chi connectivity index (χ4n) is 2.33. The van der Waals surface area contributed by atoms with E-state index in [1.54, 1.807) is 12.7 Å². The Morgan fingerprint density at radius 1 is 0.500 bits per heavy atom. The highest BCUT2D eigenvalue weighted by Gasteiger charge is 2.22. The summed E-state index contributed by atoms with van der Waals surface area (Å²) >= 11 is 14.3. The summed E-state index contributed by atoms with van der Waals surface area (Å²) in [6, 6.07) is 0. The average molecular weight is 522 g/mol. The van der Waals surface area contributed by atoms with E-state index in [0.717, 1.165) is 50.7 Å². The molecule has 0 aliphatic carbocycles. The SMILES string of the molecule is Brc1c(Br)c2ncnc3c(Br)c(Br)c4ncnc1c4c23. The number of nitrogens with zero attached hydrogens (tertiary/aromatic N) is 4. The lowest BCUT2D eigenvalue weighted by Crippen LogP contribution is -1.96. The maximum absolute atomic E-state index is 4.38. The van der Waals surface area contributed by atoms with Crippen LogP contribution < -0.4 is 0 Å². The Labute approximate surface area is 146 Å². The summed E-state index contributed by atoms with van der Waals surface area (Å²) in [6.07, 6.45) is 3.11. The van der Waals surface area contributed by atoms with E-state index in [0.29, 0.717) is 0 Å². The fourth-order valence-corrected chi connectivity index (χ4v) is 4.28. The first kappa shape index (κ1) is 13.2. The molecule has 0 aliphatic heterocycles. The van der Waals surface area contributed by atoms with Crippen LogP contribution in [0, 0.1) is 0 Å². The van der Waals surface area contributed by atoms with Crippen LogP contribution in [0.4, 0.5) is 0 Å². The molecule has 2 aromatic heterocycles. The van der Waals surface area contributed by atoms with E-state index >= 15 is 0 Å². The molecule has 0 spiro atoms. The van der Waals surface area contributed by atoms with Crippen LogP contribution in [0.2, 0.25) is 0 Å². The number of hydrogen-bond acceptors (Lipinski definition) is 4. The van der Waals surface area contributed by atoms with Crippen LogP contribution in [0.25, 0.3) is 32.8 Å². The van der Waals surface area contributed by atoms with Gasteiger partial charge in [-0.25, -0.2) is 19.9 Å². The average Bonchev–Trinajstić information content (AvgIpc) is 2.48. The second-order valence-corrected chi connectivity index (χ2v) is 7.32. The highest BCUT2D eigenvalue weighted by molar-refractivity contribution is 9.13. The largest absolute Gasteiger partial charge is 0.235 e. The van der Waals surface area contributed by atoms with Gasteiger partial charge in [0.15, 0.2) is 0 Å². The maximum Gasteiger partial charge on any atom is 0.116 e. The highest BCUT2D eigenvalue weighted by atomic mass is 79.9. The van der Waals surface area contributed by atoms with Gasteiger partial charge in [0.25, 0.3) is 0 Å². The third-order valence-corrected chi connectivity index (χ3v) is 7.31. The van der Waals surface area contributed by atoms with Crippen molar-refractivity contribution in [2.75, 3.05) is 0 Å². The molecule has 4 aromatic rings. The first-order valence-electron chi connectivity index (χ1n) is 5.43. The number of halogens is 4. The van der Waals surface area contributed by atoms with E-state index < -0.39 is 0 Å². The molecule has 2 heterocycles. The number of hydrogen-bond donors (Lipinski definition) is 0. The zero-order valence-electron chi connectivity index (χ0n) is 9.46. The molecule has 0 radical (unpaired) electrons. The minimum Gasteiger partial charge on any atom is -0.235 e. The van der Waals surface area contributed by atoms with Crippen LogP contribution in [0.15, 0.2) is 30.5 Å². The predicted molar refractivity (Wildman–Crippen MR) is 92.1 cm³/mol. The van der Waals surface area contributed by atoms with Crippen LogP contribution in [-0.4, -0.2) is 19.9 Å². The van der Waals surface area contributed by atoms with Crippen molar-refractivity contribution >= 4 is 96.6 Å². The van der Waals surface area contributed by atoms with E-state index in [-0.39, 0.29) is 0 Å². The second-order valence-electron chi connectivity index (χ2n) is 4.15. The third kappa shape index (κ3) is 1.56. The van der Waals surface area contributed by atoms with E-state index in [4.69, 9.17) is 0 Å². The molecule has 0 saturated carbocycles. The van der Waals surface area contributed by atoms with Gasteiger partial charge < -0.3 is 0 Å². The lowest BCUT2D eigenvalue weighted by atomic mass is 10.1. The summed E-state index contributed by atoms with van der Waals surface area (Å²) < 4.78 is 3.47. The van der Waals surface area contributed by atoms with Crippen molar-refractivity contribution in [2.45, 2.75) is 0 Å². The molecular formula is C12H2Br4N4. The Morgan fingerprint density at radius 2 is 0.750 bits per heavy atom. The van der Waals surface area contributed by atoms with E-state index in [1.807, 2.05) is 0 Å². The molecular weight excluding hydrogens is 520 g/mol. The molecule has 4 rings (SSSR count). The van der Waals surface area contributed by atoms with Gasteiger partial charge in [0.05, 0.1) is 40.0 Å². The van der Waals surface area contributed by atoms with E-state index in [9.17, 15) is 0 Å². The zero-order chi connectivity index (χ0) is 14.0. The van der Waals surface area contributed by atoms with Gasteiger partial charge in [-0.3, -0.25) is 0 Å². The van der Waals surface area contributed by atoms with Crippen molar-refractivity contribution in [3.05, 3.63) is 30.5 Å². The molecule has 4 nitrogen and oxygen atoms in total. The first-order valence-corrected chi connectivity index (χ1v) is 8.61. The topological polar surface area (TPSA) is 51.6 Å². The van der Waals surface area contributed by atoms with Crippen molar-refractivity contribution in [2.24, 2.45) is 0 Å². The summed E-state index contributed by atoms with van der Waals surface area (Å²) in [5.41, 5.74) is 3.34. The summed E-state index contributed by atoms with van der Waals surface area (Å²) in [5.74, 6) is 0. The number of benzene rings is 2. The molecule has 0 N–H and O–H groups in total. The van der Waals surface area contributed by atoms with Gasteiger partial charge >= 0.3 is 0 Å². The Morgan fingerprint density at radius 3 is 1.00 bits per heavy atom. The Hall–Kier alpha value is -0.440. The number of rotatable bonds is 0. The molecule has 0 atom stereocenters. The molecule has 0 fully saturated rings. The van der Waals surface area contributed by atoms with Crippen molar-refractivity contribution in [3.8, 4) is 0 Å². The number of aromatic nitrogens is 4. The smallest absolute Gasteiger partial charge is 0.116 e. The van der Waals surface area contributed by atoms with E-state index in [2.05, 4.69) is 83.7 Å². The van der Waals surface area contributed by atoms with Crippen molar-refractivity contribution < 1.29 is 0 Å². The first-order chi connectivity index (χ1) is 9.61. The summed E-state index contributed by atoms with van der Waals surface area (Å²) in [7, 11) is 0. The Balaban J connectivity index is 2.54. The standard InChI is InChI=1S/C12H2Br4N4/c13-5-7(15)11-4-3-9(5)17-1-18-10(3)6(14)8(16)12(4)20-2-19-11/h1-2H. The fraction of sp³-hybridized carbons (Fsp3) is 0. The van der Waals surface area contributed by atoms with E-state index in [1.165, 1.54) is 0 Å². The molecule has 0 bridgehead atoms. The van der Waals surface area contributed by atoms with Gasteiger partial charge in [-0.15, -0.1) is 0 Å². The molecule has 0 amide bonds. The maximum atomic E-state index is 4.38. The predicted octanol–water partition coefficient (Wildman–Crippen LogP) is 5.21.